The van der Waals surface area contributed by atoms with Crippen LogP contribution in [0.25, 0.3) is 11.3 Å². The van der Waals surface area contributed by atoms with Gasteiger partial charge in [-0.05, 0) is 38.5 Å². The number of hydrogen-bond acceptors (Lipinski definition) is 7. The number of aromatic nitrogens is 1. The minimum atomic E-state index is -0.0971. The SMILES string of the molecule is CCN(CC)c1onc(-c2ccccc2)c1CN(CCCOC)C(=O)c1ccc2c(c1)OCO2. The Balaban J connectivity index is 1.70. The Hall–Kier alpha value is -3.52. The van der Waals surface area contributed by atoms with Crippen molar-refractivity contribution in [1.82, 2.24) is 10.1 Å². The molecule has 0 spiro atoms. The van der Waals surface area contributed by atoms with Gasteiger partial charge in [0.2, 0.25) is 12.7 Å². The number of anilines is 1. The highest BCUT2D eigenvalue weighted by molar-refractivity contribution is 5.95. The van der Waals surface area contributed by atoms with Crippen LogP contribution in [0.2, 0.25) is 0 Å². The van der Waals surface area contributed by atoms with Crippen molar-refractivity contribution in [3.05, 3.63) is 59.7 Å². The van der Waals surface area contributed by atoms with Gasteiger partial charge < -0.3 is 28.5 Å². The van der Waals surface area contributed by atoms with Crippen molar-refractivity contribution in [2.75, 3.05) is 45.0 Å². The molecule has 1 aliphatic heterocycles. The lowest BCUT2D eigenvalue weighted by Crippen LogP contribution is -2.33. The van der Waals surface area contributed by atoms with Crippen LogP contribution in [0.5, 0.6) is 11.5 Å². The minimum Gasteiger partial charge on any atom is -0.454 e. The number of benzene rings is 2. The molecule has 1 aromatic heterocycles. The van der Waals surface area contributed by atoms with Crippen molar-refractivity contribution >= 4 is 11.8 Å². The van der Waals surface area contributed by atoms with Gasteiger partial charge in [-0.25, -0.2) is 0 Å². The molecule has 0 bridgehead atoms. The van der Waals surface area contributed by atoms with Crippen molar-refractivity contribution in [3.8, 4) is 22.8 Å². The number of rotatable bonds is 11. The van der Waals surface area contributed by atoms with E-state index in [0.29, 0.717) is 49.1 Å². The Morgan fingerprint density at radius 1 is 1.06 bits per heavy atom. The minimum absolute atomic E-state index is 0.0971. The van der Waals surface area contributed by atoms with E-state index in [1.165, 1.54) is 0 Å². The number of carbonyl (C=O) groups excluding carboxylic acids is 1. The number of amides is 1. The largest absolute Gasteiger partial charge is 0.454 e. The fourth-order valence-corrected chi connectivity index (χ4v) is 4.08. The van der Waals surface area contributed by atoms with Gasteiger partial charge in [-0.2, -0.15) is 0 Å². The Kier molecular flexibility index (Phi) is 7.69. The van der Waals surface area contributed by atoms with Crippen LogP contribution in [0, 0.1) is 0 Å². The van der Waals surface area contributed by atoms with E-state index in [2.05, 4.69) is 23.9 Å². The van der Waals surface area contributed by atoms with Gasteiger partial charge in [0, 0.05) is 44.5 Å². The summed E-state index contributed by atoms with van der Waals surface area (Å²) in [6, 6.07) is 15.2. The maximum Gasteiger partial charge on any atom is 0.254 e. The first kappa shape index (κ1) is 23.6. The molecule has 8 heteroatoms. The normalized spacial score (nSPS) is 12.1. The molecule has 0 saturated heterocycles. The summed E-state index contributed by atoms with van der Waals surface area (Å²) in [4.78, 5) is 17.6. The second-order valence-corrected chi connectivity index (χ2v) is 7.99. The van der Waals surface area contributed by atoms with E-state index in [9.17, 15) is 4.79 Å². The van der Waals surface area contributed by atoms with Gasteiger partial charge in [0.25, 0.3) is 5.91 Å². The second kappa shape index (κ2) is 11.1. The third kappa shape index (κ3) is 5.02. The summed E-state index contributed by atoms with van der Waals surface area (Å²) in [6.45, 7) is 7.30. The Morgan fingerprint density at radius 2 is 1.82 bits per heavy atom. The topological polar surface area (TPSA) is 77.3 Å². The lowest BCUT2D eigenvalue weighted by Gasteiger charge is -2.25. The highest BCUT2D eigenvalue weighted by atomic mass is 16.7. The van der Waals surface area contributed by atoms with Crippen molar-refractivity contribution in [2.24, 2.45) is 0 Å². The van der Waals surface area contributed by atoms with Crippen molar-refractivity contribution in [1.29, 1.82) is 0 Å². The summed E-state index contributed by atoms with van der Waals surface area (Å²) in [7, 11) is 1.66. The number of hydrogen-bond donors (Lipinski definition) is 0. The van der Waals surface area contributed by atoms with Crippen molar-refractivity contribution in [3.63, 3.8) is 0 Å². The molecule has 1 aliphatic rings. The fraction of sp³-hybridized carbons (Fsp3) is 0.385. The van der Waals surface area contributed by atoms with E-state index >= 15 is 0 Å². The van der Waals surface area contributed by atoms with Gasteiger partial charge in [0.15, 0.2) is 11.5 Å². The van der Waals surface area contributed by atoms with Crippen LogP contribution in [-0.2, 0) is 11.3 Å². The number of ether oxygens (including phenoxy) is 3. The van der Waals surface area contributed by atoms with Gasteiger partial charge in [-0.3, -0.25) is 4.79 Å². The smallest absolute Gasteiger partial charge is 0.254 e. The number of nitrogens with zero attached hydrogens (tertiary/aromatic N) is 3. The van der Waals surface area contributed by atoms with E-state index < -0.39 is 0 Å². The molecule has 2 aromatic carbocycles. The van der Waals surface area contributed by atoms with Crippen LogP contribution >= 0.6 is 0 Å². The zero-order chi connectivity index (χ0) is 23.9. The molecule has 180 valence electrons. The van der Waals surface area contributed by atoms with E-state index in [1.54, 1.807) is 25.3 Å². The van der Waals surface area contributed by atoms with Crippen LogP contribution in [0.1, 0.15) is 36.2 Å². The van der Waals surface area contributed by atoms with E-state index in [1.807, 2.05) is 35.2 Å². The predicted molar refractivity (Wildman–Crippen MR) is 129 cm³/mol. The van der Waals surface area contributed by atoms with Crippen LogP contribution in [0.4, 0.5) is 5.88 Å². The molecule has 4 rings (SSSR count). The zero-order valence-electron chi connectivity index (χ0n) is 20.0. The molecule has 0 unspecified atom stereocenters. The number of fused-ring (bicyclic) bond motifs is 1. The van der Waals surface area contributed by atoms with Crippen molar-refractivity contribution < 1.29 is 23.5 Å². The number of carbonyl (C=O) groups is 1. The van der Waals surface area contributed by atoms with Gasteiger partial charge in [0.05, 0.1) is 12.1 Å². The first-order valence-corrected chi connectivity index (χ1v) is 11.6. The summed E-state index contributed by atoms with van der Waals surface area (Å²) >= 11 is 0. The maximum absolute atomic E-state index is 13.7. The van der Waals surface area contributed by atoms with Crippen molar-refractivity contribution in [2.45, 2.75) is 26.8 Å². The fourth-order valence-electron chi connectivity index (χ4n) is 4.08. The third-order valence-corrected chi connectivity index (χ3v) is 5.90. The van der Waals surface area contributed by atoms with E-state index in [4.69, 9.17) is 18.7 Å². The standard InChI is InChI=1S/C26H31N3O5/c1-4-28(5-2)26-21(24(27-34-26)19-10-7-6-8-11-19)17-29(14-9-15-31-3)25(30)20-12-13-22-23(16-20)33-18-32-22/h6-8,10-13,16H,4-5,9,14-15,17-18H2,1-3H3. The summed E-state index contributed by atoms with van der Waals surface area (Å²) in [6.07, 6.45) is 0.708. The first-order valence-electron chi connectivity index (χ1n) is 11.6. The third-order valence-electron chi connectivity index (χ3n) is 5.90. The van der Waals surface area contributed by atoms with Crippen LogP contribution in [-0.4, -0.2) is 56.1 Å². The molecule has 1 amide bonds. The molecule has 0 aliphatic carbocycles. The molecule has 34 heavy (non-hydrogen) atoms. The summed E-state index contributed by atoms with van der Waals surface area (Å²) in [5, 5.41) is 4.42. The molecule has 0 N–H and O–H groups in total. The van der Waals surface area contributed by atoms with Crippen LogP contribution in [0.15, 0.2) is 53.1 Å². The van der Waals surface area contributed by atoms with E-state index in [0.717, 1.165) is 29.9 Å². The average Bonchev–Trinajstić information content (AvgIpc) is 3.51. The van der Waals surface area contributed by atoms with Crippen LogP contribution < -0.4 is 14.4 Å². The summed E-state index contributed by atoms with van der Waals surface area (Å²) in [5.41, 5.74) is 3.13. The molecular weight excluding hydrogens is 434 g/mol. The average molecular weight is 466 g/mol. The Labute approximate surface area is 200 Å². The molecular formula is C26H31N3O5. The maximum atomic E-state index is 13.7. The summed E-state index contributed by atoms with van der Waals surface area (Å²) < 4.78 is 22.0. The lowest BCUT2D eigenvalue weighted by molar-refractivity contribution is 0.0723. The molecule has 8 nitrogen and oxygen atoms in total. The highest BCUT2D eigenvalue weighted by Gasteiger charge is 2.27. The van der Waals surface area contributed by atoms with Gasteiger partial charge in [-0.15, -0.1) is 0 Å². The van der Waals surface area contributed by atoms with Gasteiger partial charge in [0.1, 0.15) is 5.69 Å². The van der Waals surface area contributed by atoms with Gasteiger partial charge >= 0.3 is 0 Å². The summed E-state index contributed by atoms with van der Waals surface area (Å²) in [5.74, 6) is 1.83. The monoisotopic (exact) mass is 465 g/mol. The lowest BCUT2D eigenvalue weighted by atomic mass is 10.1. The second-order valence-electron chi connectivity index (χ2n) is 7.99. The predicted octanol–water partition coefficient (Wildman–Crippen LogP) is 4.60. The molecule has 3 aromatic rings. The van der Waals surface area contributed by atoms with Gasteiger partial charge in [-0.1, -0.05) is 35.5 Å². The molecule has 0 atom stereocenters. The molecule has 0 saturated carbocycles. The molecule has 0 fully saturated rings. The zero-order valence-corrected chi connectivity index (χ0v) is 20.0. The highest BCUT2D eigenvalue weighted by Crippen LogP contribution is 2.35. The quantitative estimate of drug-likeness (QED) is 0.383. The number of methoxy groups -OCH3 is 1. The first-order chi connectivity index (χ1) is 16.7. The van der Waals surface area contributed by atoms with E-state index in [-0.39, 0.29) is 12.7 Å². The molecule has 0 radical (unpaired) electrons. The molecule has 2 heterocycles. The Morgan fingerprint density at radius 3 is 2.56 bits per heavy atom. The van der Waals surface area contributed by atoms with Crippen LogP contribution in [0.3, 0.4) is 0 Å². The Bertz CT molecular complexity index is 1100.